The van der Waals surface area contributed by atoms with Gasteiger partial charge in [0.2, 0.25) is 5.88 Å². The molecule has 0 radical (unpaired) electrons. The molecule has 3 aromatic rings. The number of nitrogens with one attached hydrogen (secondary N) is 1. The van der Waals surface area contributed by atoms with Crippen molar-refractivity contribution in [2.45, 2.75) is 31.6 Å². The molecule has 5 rings (SSSR count). The van der Waals surface area contributed by atoms with Gasteiger partial charge in [0.25, 0.3) is 0 Å². The maximum Gasteiger partial charge on any atom is 0.233 e. The van der Waals surface area contributed by atoms with Crippen LogP contribution in [0.5, 0.6) is 11.5 Å². The molecule has 2 aromatic carbocycles. The highest BCUT2D eigenvalue weighted by Crippen LogP contribution is 2.50. The fraction of sp³-hybridized carbons (Fsp3) is 0.280. The normalized spacial score (nSPS) is 19.8. The number of aryl methyl sites for hydroxylation is 1. The largest absolute Gasteiger partial charge is 0.493 e. The van der Waals surface area contributed by atoms with E-state index in [1.54, 1.807) is 14.2 Å². The van der Waals surface area contributed by atoms with Crippen LogP contribution in [0, 0.1) is 6.92 Å². The van der Waals surface area contributed by atoms with Crippen molar-refractivity contribution >= 4 is 23.3 Å². The number of carbonyl (C=O) groups excluding carboxylic acids is 1. The number of halogens is 1. The van der Waals surface area contributed by atoms with Crippen LogP contribution in [0.15, 0.2) is 58.3 Å². The van der Waals surface area contributed by atoms with E-state index in [0.29, 0.717) is 35.2 Å². The van der Waals surface area contributed by atoms with E-state index in [4.69, 9.17) is 25.6 Å². The van der Waals surface area contributed by atoms with Gasteiger partial charge in [0.1, 0.15) is 0 Å². The summed E-state index contributed by atoms with van der Waals surface area (Å²) in [6.07, 6.45) is 1.14. The molecule has 1 N–H and O–H groups in total. The summed E-state index contributed by atoms with van der Waals surface area (Å²) in [7, 11) is 3.21. The minimum absolute atomic E-state index is 0.0719. The molecule has 1 aliphatic heterocycles. The third-order valence-corrected chi connectivity index (χ3v) is 6.59. The predicted octanol–water partition coefficient (Wildman–Crippen LogP) is 5.61. The van der Waals surface area contributed by atoms with E-state index in [-0.39, 0.29) is 17.6 Å². The molecule has 6 nitrogen and oxygen atoms in total. The van der Waals surface area contributed by atoms with Crippen LogP contribution >= 0.6 is 11.6 Å². The second-order valence-corrected chi connectivity index (χ2v) is 8.59. The van der Waals surface area contributed by atoms with Crippen LogP contribution in [0.4, 0.5) is 5.88 Å². The van der Waals surface area contributed by atoms with Crippen LogP contribution in [-0.2, 0) is 4.79 Å². The molecule has 7 heteroatoms. The van der Waals surface area contributed by atoms with Crippen molar-refractivity contribution in [3.05, 3.63) is 81.1 Å². The number of hydrogen-bond donors (Lipinski definition) is 1. The number of allylic oxidation sites excluding steroid dienone is 2. The quantitative estimate of drug-likeness (QED) is 0.556. The molecule has 1 aromatic heterocycles. The van der Waals surface area contributed by atoms with Gasteiger partial charge in [0.05, 0.1) is 25.5 Å². The maximum absolute atomic E-state index is 13.6. The fourth-order valence-electron chi connectivity index (χ4n) is 4.81. The predicted molar refractivity (Wildman–Crippen MR) is 122 cm³/mol. The molecule has 2 heterocycles. The van der Waals surface area contributed by atoms with Crippen LogP contribution in [0.2, 0.25) is 5.02 Å². The second kappa shape index (κ2) is 8.02. The zero-order valence-corrected chi connectivity index (χ0v) is 18.8. The van der Waals surface area contributed by atoms with Gasteiger partial charge < -0.3 is 19.3 Å². The van der Waals surface area contributed by atoms with Crippen molar-refractivity contribution in [3.63, 3.8) is 0 Å². The average molecular weight is 451 g/mol. The molecule has 2 unspecified atom stereocenters. The molecule has 0 fully saturated rings. The van der Waals surface area contributed by atoms with E-state index in [9.17, 15) is 4.79 Å². The summed E-state index contributed by atoms with van der Waals surface area (Å²) < 4.78 is 16.5. The summed E-state index contributed by atoms with van der Waals surface area (Å²) >= 11 is 6.05. The number of hydrogen-bond acceptors (Lipinski definition) is 6. The topological polar surface area (TPSA) is 73.6 Å². The number of methoxy groups -OCH3 is 2. The van der Waals surface area contributed by atoms with Crippen LogP contribution in [-0.4, -0.2) is 25.2 Å². The summed E-state index contributed by atoms with van der Waals surface area (Å²) in [5.41, 5.74) is 5.31. The number of anilines is 1. The van der Waals surface area contributed by atoms with Crippen LogP contribution < -0.4 is 14.8 Å². The number of aromatic nitrogens is 1. The van der Waals surface area contributed by atoms with Gasteiger partial charge in [-0.3, -0.25) is 4.79 Å². The lowest BCUT2D eigenvalue weighted by Crippen LogP contribution is -2.29. The molecule has 32 heavy (non-hydrogen) atoms. The van der Waals surface area contributed by atoms with Crippen molar-refractivity contribution < 1.29 is 18.8 Å². The number of nitrogens with zero attached hydrogens (tertiary/aromatic N) is 1. The number of rotatable bonds is 4. The van der Waals surface area contributed by atoms with Crippen LogP contribution in [0.1, 0.15) is 47.1 Å². The van der Waals surface area contributed by atoms with E-state index in [2.05, 4.69) is 10.5 Å². The zero-order valence-electron chi connectivity index (χ0n) is 18.1. The summed E-state index contributed by atoms with van der Waals surface area (Å²) in [6, 6.07) is 13.5. The smallest absolute Gasteiger partial charge is 0.233 e. The standard InChI is InChI=1S/C25H23ClN2O4/c1-13-22-23(15-6-9-20(30-2)21(12-15)31-3)24-18(27-25(22)32-28-13)10-16(11-19(24)29)14-4-7-17(26)8-5-14/h4-9,12,16,23,27H,10-11H2,1-3H3. The van der Waals surface area contributed by atoms with Gasteiger partial charge in [0, 0.05) is 28.6 Å². The molecule has 0 saturated carbocycles. The average Bonchev–Trinajstić information content (AvgIpc) is 3.17. The number of fused-ring (bicyclic) bond motifs is 1. The Kier molecular flexibility index (Phi) is 5.18. The number of ketones is 1. The van der Waals surface area contributed by atoms with E-state index in [1.165, 1.54) is 0 Å². The molecule has 2 aliphatic rings. The lowest BCUT2D eigenvalue weighted by Gasteiger charge is -2.34. The lowest BCUT2D eigenvalue weighted by molar-refractivity contribution is -0.116. The third-order valence-electron chi connectivity index (χ3n) is 6.34. The monoisotopic (exact) mass is 450 g/mol. The molecule has 0 amide bonds. The number of benzene rings is 2. The SMILES string of the molecule is COc1ccc(C2C3=C(CC(c4ccc(Cl)cc4)CC3=O)Nc3onc(C)c32)cc1OC. The van der Waals surface area contributed by atoms with Crippen molar-refractivity contribution in [3.8, 4) is 11.5 Å². The first-order valence-corrected chi connectivity index (χ1v) is 10.8. The van der Waals surface area contributed by atoms with Crippen LogP contribution in [0.25, 0.3) is 0 Å². The highest BCUT2D eigenvalue weighted by Gasteiger charge is 2.41. The number of Topliss-reactive ketones (excluding diaryl/α,β-unsaturated/α-hetero) is 1. The van der Waals surface area contributed by atoms with E-state index in [1.807, 2.05) is 49.4 Å². The Hall–Kier alpha value is -3.25. The van der Waals surface area contributed by atoms with Crippen molar-refractivity contribution in [1.29, 1.82) is 0 Å². The zero-order chi connectivity index (χ0) is 22.4. The van der Waals surface area contributed by atoms with Gasteiger partial charge in [-0.2, -0.15) is 0 Å². The van der Waals surface area contributed by atoms with Crippen LogP contribution in [0.3, 0.4) is 0 Å². The Balaban J connectivity index is 1.62. The third kappa shape index (κ3) is 3.35. The summed E-state index contributed by atoms with van der Waals surface area (Å²) in [5.74, 6) is 1.74. The Morgan fingerprint density at radius 1 is 1.03 bits per heavy atom. The Morgan fingerprint density at radius 3 is 2.47 bits per heavy atom. The number of carbonyl (C=O) groups is 1. The highest BCUT2D eigenvalue weighted by atomic mass is 35.5. The molecule has 2 atom stereocenters. The molecule has 0 spiro atoms. The summed E-state index contributed by atoms with van der Waals surface area (Å²) in [6.45, 7) is 1.90. The Labute approximate surface area is 191 Å². The summed E-state index contributed by atoms with van der Waals surface area (Å²) in [4.78, 5) is 13.6. The van der Waals surface area contributed by atoms with Gasteiger partial charge in [-0.25, -0.2) is 0 Å². The fourth-order valence-corrected chi connectivity index (χ4v) is 4.93. The lowest BCUT2D eigenvalue weighted by atomic mass is 9.72. The molecule has 0 saturated heterocycles. The molecular formula is C25H23ClN2O4. The molecule has 1 aliphatic carbocycles. The van der Waals surface area contributed by atoms with Gasteiger partial charge in [0.15, 0.2) is 17.3 Å². The first-order valence-electron chi connectivity index (χ1n) is 10.5. The van der Waals surface area contributed by atoms with Crippen molar-refractivity contribution in [2.24, 2.45) is 0 Å². The van der Waals surface area contributed by atoms with E-state index >= 15 is 0 Å². The van der Waals surface area contributed by atoms with E-state index in [0.717, 1.165) is 33.7 Å². The van der Waals surface area contributed by atoms with Crippen molar-refractivity contribution in [2.75, 3.05) is 19.5 Å². The first kappa shape index (κ1) is 20.6. The van der Waals surface area contributed by atoms with E-state index < -0.39 is 0 Å². The Bertz CT molecular complexity index is 1230. The Morgan fingerprint density at radius 2 is 1.75 bits per heavy atom. The second-order valence-electron chi connectivity index (χ2n) is 8.16. The van der Waals surface area contributed by atoms with Gasteiger partial charge >= 0.3 is 0 Å². The first-order chi connectivity index (χ1) is 15.5. The molecule has 164 valence electrons. The minimum Gasteiger partial charge on any atom is -0.493 e. The van der Waals surface area contributed by atoms with Gasteiger partial charge in [-0.15, -0.1) is 0 Å². The molecule has 0 bridgehead atoms. The molecular weight excluding hydrogens is 428 g/mol. The summed E-state index contributed by atoms with van der Waals surface area (Å²) in [5, 5.41) is 8.22. The van der Waals surface area contributed by atoms with Gasteiger partial charge in [-0.1, -0.05) is 35.0 Å². The number of ether oxygens (including phenoxy) is 2. The van der Waals surface area contributed by atoms with Crippen molar-refractivity contribution in [1.82, 2.24) is 5.16 Å². The highest BCUT2D eigenvalue weighted by molar-refractivity contribution is 6.30. The maximum atomic E-state index is 13.6. The van der Waals surface area contributed by atoms with Gasteiger partial charge in [-0.05, 0) is 54.7 Å². The minimum atomic E-state index is -0.286.